The predicted octanol–water partition coefficient (Wildman–Crippen LogP) is 4.32. The zero-order chi connectivity index (χ0) is 18.8. The molecule has 10 heteroatoms. The average Bonchev–Trinajstić information content (AvgIpc) is 2.45. The van der Waals surface area contributed by atoms with Crippen molar-refractivity contribution in [2.24, 2.45) is 0 Å². The van der Waals surface area contributed by atoms with Gasteiger partial charge >= 0.3 is 6.18 Å². The van der Waals surface area contributed by atoms with Gasteiger partial charge in [-0.1, -0.05) is 0 Å². The highest BCUT2D eigenvalue weighted by atomic mass is 19.4. The second-order valence-electron chi connectivity index (χ2n) is 6.05. The molecule has 0 fully saturated rings. The van der Waals surface area contributed by atoms with Crippen molar-refractivity contribution in [3.8, 4) is 5.88 Å². The molecule has 1 aromatic carbocycles. The Hall–Kier alpha value is -2.91. The fourth-order valence-electron chi connectivity index (χ4n) is 1.78. The standard InChI is InChI=1S/C15H15F3N4O3/c1-14(2,3)25-12-11(15(16,17)18)8-19-13(21-12)20-9-4-6-10(7-5-9)22(23)24/h4-8H,1-3H3,(H,19,20,21). The molecule has 0 atom stereocenters. The first-order valence-corrected chi connectivity index (χ1v) is 7.10. The van der Waals surface area contributed by atoms with Crippen molar-refractivity contribution < 1.29 is 22.8 Å². The van der Waals surface area contributed by atoms with Crippen LogP contribution >= 0.6 is 0 Å². The number of nitro groups is 1. The first-order valence-electron chi connectivity index (χ1n) is 7.10. The summed E-state index contributed by atoms with van der Waals surface area (Å²) in [5.41, 5.74) is -1.71. The number of alkyl halides is 3. The van der Waals surface area contributed by atoms with Crippen LogP contribution in [0.2, 0.25) is 0 Å². The summed E-state index contributed by atoms with van der Waals surface area (Å²) in [5, 5.41) is 13.3. The van der Waals surface area contributed by atoms with Crippen LogP contribution in [0.1, 0.15) is 26.3 Å². The summed E-state index contributed by atoms with van der Waals surface area (Å²) >= 11 is 0. The molecule has 25 heavy (non-hydrogen) atoms. The molecule has 0 bridgehead atoms. The van der Waals surface area contributed by atoms with Gasteiger partial charge < -0.3 is 10.1 Å². The number of nitrogens with one attached hydrogen (secondary N) is 1. The van der Waals surface area contributed by atoms with E-state index in [4.69, 9.17) is 4.74 Å². The van der Waals surface area contributed by atoms with Gasteiger partial charge in [0.25, 0.3) is 5.69 Å². The summed E-state index contributed by atoms with van der Waals surface area (Å²) in [7, 11) is 0. The van der Waals surface area contributed by atoms with Gasteiger partial charge in [-0.2, -0.15) is 18.2 Å². The molecule has 0 radical (unpaired) electrons. The number of aromatic nitrogens is 2. The first-order chi connectivity index (χ1) is 11.5. The van der Waals surface area contributed by atoms with E-state index in [1.54, 1.807) is 20.8 Å². The van der Waals surface area contributed by atoms with Crippen LogP contribution in [0.4, 0.5) is 30.5 Å². The van der Waals surface area contributed by atoms with Crippen LogP contribution < -0.4 is 10.1 Å². The fraction of sp³-hybridized carbons (Fsp3) is 0.333. The zero-order valence-corrected chi connectivity index (χ0v) is 13.6. The maximum absolute atomic E-state index is 13.1. The Morgan fingerprint density at radius 3 is 2.24 bits per heavy atom. The van der Waals surface area contributed by atoms with Crippen LogP contribution in [0, 0.1) is 10.1 Å². The minimum atomic E-state index is -4.66. The normalized spacial score (nSPS) is 11.9. The van der Waals surface area contributed by atoms with E-state index >= 15 is 0 Å². The smallest absolute Gasteiger partial charge is 0.423 e. The van der Waals surface area contributed by atoms with Crippen LogP contribution in [-0.4, -0.2) is 20.5 Å². The zero-order valence-electron chi connectivity index (χ0n) is 13.6. The summed E-state index contributed by atoms with van der Waals surface area (Å²) in [5.74, 6) is -0.722. The molecule has 2 aromatic rings. The van der Waals surface area contributed by atoms with Crippen molar-refractivity contribution in [1.82, 2.24) is 9.97 Å². The van der Waals surface area contributed by atoms with Gasteiger partial charge in [-0.25, -0.2) is 4.98 Å². The lowest BCUT2D eigenvalue weighted by Crippen LogP contribution is -2.26. The third kappa shape index (κ3) is 5.03. The van der Waals surface area contributed by atoms with Gasteiger partial charge in [-0.15, -0.1) is 0 Å². The largest absolute Gasteiger partial charge is 0.471 e. The van der Waals surface area contributed by atoms with E-state index in [0.29, 0.717) is 11.9 Å². The number of nitrogens with zero attached hydrogens (tertiary/aromatic N) is 3. The number of nitro benzene ring substituents is 1. The highest BCUT2D eigenvalue weighted by molar-refractivity contribution is 5.56. The number of hydrogen-bond donors (Lipinski definition) is 1. The second-order valence-corrected chi connectivity index (χ2v) is 6.05. The molecular formula is C15H15F3N4O3. The van der Waals surface area contributed by atoms with Gasteiger partial charge in [0.15, 0.2) is 0 Å². The topological polar surface area (TPSA) is 90.2 Å². The van der Waals surface area contributed by atoms with E-state index in [0.717, 1.165) is 0 Å². The van der Waals surface area contributed by atoms with Crippen LogP contribution in [0.3, 0.4) is 0 Å². The quantitative estimate of drug-likeness (QED) is 0.648. The number of anilines is 2. The second kappa shape index (κ2) is 6.54. The van der Waals surface area contributed by atoms with Gasteiger partial charge in [0, 0.05) is 24.0 Å². The van der Waals surface area contributed by atoms with Crippen LogP contribution in [0.25, 0.3) is 0 Å². The Labute approximate surface area is 141 Å². The lowest BCUT2D eigenvalue weighted by atomic mass is 10.2. The third-order valence-corrected chi connectivity index (χ3v) is 2.80. The molecule has 0 saturated heterocycles. The van der Waals surface area contributed by atoms with Crippen molar-refractivity contribution in [2.45, 2.75) is 32.5 Å². The highest BCUT2D eigenvalue weighted by Crippen LogP contribution is 2.36. The van der Waals surface area contributed by atoms with Gasteiger partial charge in [-0.05, 0) is 32.9 Å². The van der Waals surface area contributed by atoms with Crippen molar-refractivity contribution in [2.75, 3.05) is 5.32 Å². The van der Waals surface area contributed by atoms with Crippen molar-refractivity contribution in [3.63, 3.8) is 0 Å². The Kier molecular flexibility index (Phi) is 4.82. The minimum Gasteiger partial charge on any atom is -0.471 e. The first kappa shape index (κ1) is 18.4. The molecule has 7 nitrogen and oxygen atoms in total. The molecule has 0 spiro atoms. The molecule has 0 unspecified atom stereocenters. The summed E-state index contributed by atoms with van der Waals surface area (Å²) in [4.78, 5) is 17.5. The number of halogens is 3. The van der Waals surface area contributed by atoms with Gasteiger partial charge in [-0.3, -0.25) is 10.1 Å². The lowest BCUT2D eigenvalue weighted by molar-refractivity contribution is -0.384. The molecule has 0 saturated carbocycles. The number of non-ortho nitro benzene ring substituents is 1. The summed E-state index contributed by atoms with van der Waals surface area (Å²) < 4.78 is 44.5. The third-order valence-electron chi connectivity index (χ3n) is 2.80. The monoisotopic (exact) mass is 356 g/mol. The fourth-order valence-corrected chi connectivity index (χ4v) is 1.78. The van der Waals surface area contributed by atoms with Crippen molar-refractivity contribution in [3.05, 3.63) is 46.1 Å². The summed E-state index contributed by atoms with van der Waals surface area (Å²) in [6.45, 7) is 4.79. The summed E-state index contributed by atoms with van der Waals surface area (Å²) in [6, 6.07) is 5.28. The average molecular weight is 356 g/mol. The molecule has 0 aliphatic rings. The van der Waals surface area contributed by atoms with E-state index in [1.165, 1.54) is 24.3 Å². The predicted molar refractivity (Wildman–Crippen MR) is 83.8 cm³/mol. The number of benzene rings is 1. The molecule has 134 valence electrons. The van der Waals surface area contributed by atoms with Crippen molar-refractivity contribution in [1.29, 1.82) is 0 Å². The van der Waals surface area contributed by atoms with Crippen molar-refractivity contribution >= 4 is 17.3 Å². The number of hydrogen-bond acceptors (Lipinski definition) is 6. The van der Waals surface area contributed by atoms with Crippen LogP contribution in [0.15, 0.2) is 30.5 Å². The van der Waals surface area contributed by atoms with E-state index < -0.39 is 28.1 Å². The Balaban J connectivity index is 2.32. The van der Waals surface area contributed by atoms with Crippen LogP contribution in [0.5, 0.6) is 5.88 Å². The van der Waals surface area contributed by atoms with E-state index in [9.17, 15) is 23.3 Å². The molecule has 1 heterocycles. The van der Waals surface area contributed by atoms with E-state index in [-0.39, 0.29) is 11.6 Å². The molecule has 0 amide bonds. The van der Waals surface area contributed by atoms with Crippen LogP contribution in [-0.2, 0) is 6.18 Å². The molecule has 0 aliphatic carbocycles. The molecule has 1 aromatic heterocycles. The molecule has 1 N–H and O–H groups in total. The Bertz CT molecular complexity index is 771. The van der Waals surface area contributed by atoms with Gasteiger partial charge in [0.1, 0.15) is 11.2 Å². The summed E-state index contributed by atoms with van der Waals surface area (Å²) in [6.07, 6.45) is -4.03. The number of rotatable bonds is 4. The molecule has 2 rings (SSSR count). The SMILES string of the molecule is CC(C)(C)Oc1nc(Nc2ccc([N+](=O)[O-])cc2)ncc1C(F)(F)F. The van der Waals surface area contributed by atoms with E-state index in [2.05, 4.69) is 15.3 Å². The maximum atomic E-state index is 13.1. The van der Waals surface area contributed by atoms with Gasteiger partial charge in [0.2, 0.25) is 11.8 Å². The highest BCUT2D eigenvalue weighted by Gasteiger charge is 2.37. The molecular weight excluding hydrogens is 341 g/mol. The van der Waals surface area contributed by atoms with E-state index in [1.807, 2.05) is 0 Å². The van der Waals surface area contributed by atoms with Gasteiger partial charge in [0.05, 0.1) is 4.92 Å². The number of ether oxygens (including phenoxy) is 1. The minimum absolute atomic E-state index is 0.115. The lowest BCUT2D eigenvalue weighted by Gasteiger charge is -2.23. The Morgan fingerprint density at radius 1 is 1.16 bits per heavy atom. The Morgan fingerprint density at radius 2 is 1.76 bits per heavy atom. The maximum Gasteiger partial charge on any atom is 0.423 e. The molecule has 0 aliphatic heterocycles.